The molecular weight excluding hydrogens is 442 g/mol. The molecule has 1 aliphatic heterocycles. The highest BCUT2D eigenvalue weighted by Gasteiger charge is 2.19. The first-order chi connectivity index (χ1) is 16.7. The largest absolute Gasteiger partial charge is 0.399 e. The Kier molecular flexibility index (Phi) is 6.27. The molecule has 168 valence electrons. The van der Waals surface area contributed by atoms with E-state index in [2.05, 4.69) is 27.8 Å². The zero-order valence-corrected chi connectivity index (χ0v) is 19.2. The maximum Gasteiger partial charge on any atom is 0.251 e. The van der Waals surface area contributed by atoms with Crippen LogP contribution in [-0.2, 0) is 13.1 Å². The molecule has 3 aromatic carbocycles. The van der Waals surface area contributed by atoms with Crippen molar-refractivity contribution >= 4 is 34.9 Å². The Bertz CT molecular complexity index is 1350. The SMILES string of the molecule is Nc1ccc(CNC(=O)c2ccc3c(c2)NC(=NCc2cccnc2)c2ccccc2S3)cc1. The van der Waals surface area contributed by atoms with E-state index in [4.69, 9.17) is 10.7 Å². The Morgan fingerprint density at radius 2 is 1.82 bits per heavy atom. The van der Waals surface area contributed by atoms with E-state index in [9.17, 15) is 4.79 Å². The van der Waals surface area contributed by atoms with E-state index in [1.807, 2.05) is 72.9 Å². The van der Waals surface area contributed by atoms with Crippen molar-refractivity contribution < 1.29 is 4.79 Å². The average Bonchev–Trinajstić information content (AvgIpc) is 3.03. The lowest BCUT2D eigenvalue weighted by molar-refractivity contribution is 0.0951. The molecule has 0 saturated heterocycles. The van der Waals surface area contributed by atoms with Crippen molar-refractivity contribution in [3.8, 4) is 0 Å². The van der Waals surface area contributed by atoms with Crippen LogP contribution in [-0.4, -0.2) is 16.7 Å². The molecule has 4 N–H and O–H groups in total. The number of carbonyl (C=O) groups is 1. The van der Waals surface area contributed by atoms with E-state index in [1.54, 1.807) is 18.0 Å². The molecule has 0 radical (unpaired) electrons. The van der Waals surface area contributed by atoms with E-state index in [1.165, 1.54) is 0 Å². The Labute approximate surface area is 202 Å². The summed E-state index contributed by atoms with van der Waals surface area (Å²) in [5.74, 6) is 0.632. The first-order valence-electron chi connectivity index (χ1n) is 10.9. The zero-order chi connectivity index (χ0) is 23.3. The van der Waals surface area contributed by atoms with Gasteiger partial charge in [-0.05, 0) is 53.6 Å². The molecule has 1 aromatic heterocycles. The number of amides is 1. The highest BCUT2D eigenvalue weighted by Crippen LogP contribution is 2.39. The van der Waals surface area contributed by atoms with Crippen LogP contribution in [0.3, 0.4) is 0 Å². The maximum absolute atomic E-state index is 12.9. The van der Waals surface area contributed by atoms with Gasteiger partial charge in [-0.1, -0.05) is 48.2 Å². The van der Waals surface area contributed by atoms with E-state index in [0.717, 1.165) is 38.0 Å². The number of aromatic nitrogens is 1. The first kappa shape index (κ1) is 21.7. The van der Waals surface area contributed by atoms with Crippen LogP contribution >= 0.6 is 11.8 Å². The normalized spacial score (nSPS) is 13.4. The molecule has 1 aliphatic rings. The quantitative estimate of drug-likeness (QED) is 0.356. The highest BCUT2D eigenvalue weighted by molar-refractivity contribution is 7.99. The van der Waals surface area contributed by atoms with E-state index < -0.39 is 0 Å². The van der Waals surface area contributed by atoms with E-state index >= 15 is 0 Å². The summed E-state index contributed by atoms with van der Waals surface area (Å²) in [6.45, 7) is 0.938. The topological polar surface area (TPSA) is 92.4 Å². The number of benzene rings is 3. The Balaban J connectivity index is 1.40. The van der Waals surface area contributed by atoms with Crippen LogP contribution in [0.5, 0.6) is 0 Å². The second-order valence-electron chi connectivity index (χ2n) is 7.88. The summed E-state index contributed by atoms with van der Waals surface area (Å²) in [6, 6.07) is 25.3. The number of anilines is 2. The van der Waals surface area contributed by atoms with Gasteiger partial charge in [0, 0.05) is 45.5 Å². The fourth-order valence-corrected chi connectivity index (χ4v) is 4.64. The lowest BCUT2D eigenvalue weighted by atomic mass is 10.1. The number of fused-ring (bicyclic) bond motifs is 2. The number of rotatable bonds is 5. The fourth-order valence-electron chi connectivity index (χ4n) is 3.63. The summed E-state index contributed by atoms with van der Waals surface area (Å²) in [5.41, 5.74) is 10.9. The van der Waals surface area contributed by atoms with Gasteiger partial charge in [0.05, 0.1) is 12.2 Å². The molecule has 7 heteroatoms. The standard InChI is InChI=1S/C27H23N5OS/c28-21-10-7-18(8-11-21)16-31-27(33)20-9-12-25-23(14-20)32-26(22-5-1-2-6-24(22)34-25)30-17-19-4-3-13-29-15-19/h1-15H,16-17,28H2,(H,30,32)(H,31,33). The maximum atomic E-state index is 12.9. The molecule has 0 aliphatic carbocycles. The summed E-state index contributed by atoms with van der Waals surface area (Å²) in [6.07, 6.45) is 3.57. The molecule has 4 aromatic rings. The minimum Gasteiger partial charge on any atom is -0.399 e. The minimum absolute atomic E-state index is 0.137. The van der Waals surface area contributed by atoms with Crippen molar-refractivity contribution in [3.05, 3.63) is 114 Å². The summed E-state index contributed by atoms with van der Waals surface area (Å²) in [5, 5.41) is 6.46. The van der Waals surface area contributed by atoms with Gasteiger partial charge in [-0.15, -0.1) is 0 Å². The van der Waals surface area contributed by atoms with Gasteiger partial charge in [-0.2, -0.15) is 0 Å². The number of carbonyl (C=O) groups excluding carboxylic acids is 1. The number of aliphatic imine (C=N–C) groups is 1. The molecule has 6 nitrogen and oxygen atoms in total. The molecule has 0 spiro atoms. The molecule has 0 unspecified atom stereocenters. The van der Waals surface area contributed by atoms with Crippen LogP contribution in [0.25, 0.3) is 0 Å². The summed E-state index contributed by atoms with van der Waals surface area (Å²) >= 11 is 1.66. The number of nitrogen functional groups attached to an aromatic ring is 1. The number of hydrogen-bond donors (Lipinski definition) is 3. The Hall–Kier alpha value is -4.10. The monoisotopic (exact) mass is 465 g/mol. The number of pyridine rings is 1. The fraction of sp³-hybridized carbons (Fsp3) is 0.0741. The van der Waals surface area contributed by atoms with Gasteiger partial charge in [0.25, 0.3) is 5.91 Å². The summed E-state index contributed by atoms with van der Waals surface area (Å²) in [7, 11) is 0. The molecule has 0 atom stereocenters. The molecule has 0 saturated carbocycles. The van der Waals surface area contributed by atoms with Crippen molar-refractivity contribution in [2.75, 3.05) is 11.1 Å². The van der Waals surface area contributed by atoms with Gasteiger partial charge in [0.1, 0.15) is 5.84 Å². The van der Waals surface area contributed by atoms with Gasteiger partial charge in [0.2, 0.25) is 0 Å². The highest BCUT2D eigenvalue weighted by atomic mass is 32.2. The first-order valence-corrected chi connectivity index (χ1v) is 11.7. The smallest absolute Gasteiger partial charge is 0.251 e. The number of hydrogen-bond acceptors (Lipinski definition) is 5. The van der Waals surface area contributed by atoms with Gasteiger partial charge < -0.3 is 16.4 Å². The van der Waals surface area contributed by atoms with Crippen molar-refractivity contribution in [3.63, 3.8) is 0 Å². The summed E-state index contributed by atoms with van der Waals surface area (Å²) < 4.78 is 0. The molecular formula is C27H23N5OS. The van der Waals surface area contributed by atoms with E-state index in [0.29, 0.717) is 24.3 Å². The van der Waals surface area contributed by atoms with Crippen LogP contribution in [0.1, 0.15) is 27.0 Å². The predicted molar refractivity (Wildman–Crippen MR) is 137 cm³/mol. The van der Waals surface area contributed by atoms with Crippen molar-refractivity contribution in [2.24, 2.45) is 4.99 Å². The summed E-state index contributed by atoms with van der Waals surface area (Å²) in [4.78, 5) is 24.0. The second-order valence-corrected chi connectivity index (χ2v) is 8.97. The lowest BCUT2D eigenvalue weighted by Crippen LogP contribution is -2.23. The molecule has 5 rings (SSSR count). The van der Waals surface area contributed by atoms with Gasteiger partial charge in [-0.25, -0.2) is 0 Å². The van der Waals surface area contributed by atoms with Crippen LogP contribution in [0.2, 0.25) is 0 Å². The molecule has 0 bridgehead atoms. The van der Waals surface area contributed by atoms with Gasteiger partial charge >= 0.3 is 0 Å². The third-order valence-electron chi connectivity index (χ3n) is 5.43. The van der Waals surface area contributed by atoms with Gasteiger partial charge in [0.15, 0.2) is 0 Å². The molecule has 0 fully saturated rings. The second kappa shape index (κ2) is 9.80. The third-order valence-corrected chi connectivity index (χ3v) is 6.58. The number of nitrogens with two attached hydrogens (primary N) is 1. The van der Waals surface area contributed by atoms with Crippen LogP contribution < -0.4 is 16.4 Å². The van der Waals surface area contributed by atoms with Crippen molar-refractivity contribution in [2.45, 2.75) is 22.9 Å². The van der Waals surface area contributed by atoms with Gasteiger partial charge in [-0.3, -0.25) is 14.8 Å². The molecule has 2 heterocycles. The molecule has 34 heavy (non-hydrogen) atoms. The number of nitrogens with one attached hydrogen (secondary N) is 2. The average molecular weight is 466 g/mol. The van der Waals surface area contributed by atoms with Crippen LogP contribution in [0.15, 0.2) is 106 Å². The predicted octanol–water partition coefficient (Wildman–Crippen LogP) is 5.12. The molecule has 1 amide bonds. The van der Waals surface area contributed by atoms with Crippen LogP contribution in [0, 0.1) is 0 Å². The lowest BCUT2D eigenvalue weighted by Gasteiger charge is -2.12. The third kappa shape index (κ3) is 4.94. The Morgan fingerprint density at radius 3 is 2.65 bits per heavy atom. The number of amidine groups is 1. The minimum atomic E-state index is -0.137. The Morgan fingerprint density at radius 1 is 0.971 bits per heavy atom. The number of nitrogens with zero attached hydrogens (tertiary/aromatic N) is 2. The van der Waals surface area contributed by atoms with Crippen LogP contribution in [0.4, 0.5) is 11.4 Å². The van der Waals surface area contributed by atoms with E-state index in [-0.39, 0.29) is 5.91 Å². The van der Waals surface area contributed by atoms with Crippen molar-refractivity contribution in [1.29, 1.82) is 0 Å². The zero-order valence-electron chi connectivity index (χ0n) is 18.4. The van der Waals surface area contributed by atoms with Crippen molar-refractivity contribution in [1.82, 2.24) is 10.3 Å².